The summed E-state index contributed by atoms with van der Waals surface area (Å²) in [7, 11) is 1.77. The number of hydrogen-bond acceptors (Lipinski definition) is 4. The standard InChI is InChI=1S/C15H20N4O2/c1-11(13-7-5-4-6-8-13)18(3)15(21)10-19-9-14(12(2)20)16-17-19/h4-9,11-12,20H,10H2,1-3H3. The summed E-state index contributed by atoms with van der Waals surface area (Å²) >= 11 is 0. The van der Waals surface area contributed by atoms with Gasteiger partial charge in [-0.1, -0.05) is 35.5 Å². The number of hydrogen-bond donors (Lipinski definition) is 1. The second-order valence-electron chi connectivity index (χ2n) is 5.11. The van der Waals surface area contributed by atoms with Gasteiger partial charge in [0.25, 0.3) is 0 Å². The Morgan fingerprint density at radius 2 is 2.00 bits per heavy atom. The van der Waals surface area contributed by atoms with E-state index in [2.05, 4.69) is 10.3 Å². The molecule has 0 aliphatic heterocycles. The van der Waals surface area contributed by atoms with Crippen LogP contribution in [0.4, 0.5) is 0 Å². The first-order chi connectivity index (χ1) is 9.99. The molecule has 1 heterocycles. The van der Waals surface area contributed by atoms with Gasteiger partial charge in [0, 0.05) is 7.05 Å². The predicted molar refractivity (Wildman–Crippen MR) is 78.3 cm³/mol. The Kier molecular flexibility index (Phi) is 4.70. The van der Waals surface area contributed by atoms with E-state index in [0.29, 0.717) is 5.69 Å². The molecule has 1 N–H and O–H groups in total. The molecule has 2 rings (SSSR count). The third-order valence-corrected chi connectivity index (χ3v) is 3.54. The molecular weight excluding hydrogens is 268 g/mol. The first-order valence-corrected chi connectivity index (χ1v) is 6.87. The molecule has 2 aromatic rings. The van der Waals surface area contributed by atoms with Crippen molar-refractivity contribution in [2.24, 2.45) is 0 Å². The predicted octanol–water partition coefficient (Wildman–Crippen LogP) is 1.55. The van der Waals surface area contributed by atoms with Crippen LogP contribution in [0.25, 0.3) is 0 Å². The van der Waals surface area contributed by atoms with Crippen LogP contribution in [0.3, 0.4) is 0 Å². The lowest BCUT2D eigenvalue weighted by molar-refractivity contribution is -0.132. The van der Waals surface area contributed by atoms with Gasteiger partial charge in [-0.15, -0.1) is 5.10 Å². The van der Waals surface area contributed by atoms with Crippen molar-refractivity contribution in [2.45, 2.75) is 32.5 Å². The van der Waals surface area contributed by atoms with Crippen molar-refractivity contribution in [3.8, 4) is 0 Å². The highest BCUT2D eigenvalue weighted by atomic mass is 16.3. The van der Waals surface area contributed by atoms with Gasteiger partial charge in [0.15, 0.2) is 0 Å². The molecule has 112 valence electrons. The Balaban J connectivity index is 2.02. The van der Waals surface area contributed by atoms with Gasteiger partial charge in [0.05, 0.1) is 18.3 Å². The summed E-state index contributed by atoms with van der Waals surface area (Å²) in [5.74, 6) is -0.0617. The van der Waals surface area contributed by atoms with Crippen molar-refractivity contribution in [3.05, 3.63) is 47.8 Å². The maximum Gasteiger partial charge on any atom is 0.244 e. The molecule has 21 heavy (non-hydrogen) atoms. The zero-order valence-electron chi connectivity index (χ0n) is 12.5. The molecule has 1 amide bonds. The van der Waals surface area contributed by atoms with Crippen LogP contribution in [0.2, 0.25) is 0 Å². The molecule has 1 aromatic carbocycles. The lowest BCUT2D eigenvalue weighted by Crippen LogP contribution is -2.32. The maximum absolute atomic E-state index is 12.3. The summed E-state index contributed by atoms with van der Waals surface area (Å²) in [5, 5.41) is 17.1. The van der Waals surface area contributed by atoms with Crippen LogP contribution in [-0.4, -0.2) is 38.0 Å². The average Bonchev–Trinajstić information content (AvgIpc) is 2.95. The topological polar surface area (TPSA) is 71.2 Å². The zero-order chi connectivity index (χ0) is 15.4. The number of aliphatic hydroxyl groups excluding tert-OH is 1. The zero-order valence-corrected chi connectivity index (χ0v) is 12.5. The van der Waals surface area contributed by atoms with Crippen LogP contribution in [0, 0.1) is 0 Å². The normalized spacial score (nSPS) is 13.7. The van der Waals surface area contributed by atoms with E-state index in [-0.39, 0.29) is 18.5 Å². The van der Waals surface area contributed by atoms with Gasteiger partial charge in [-0.25, -0.2) is 4.68 Å². The number of aliphatic hydroxyl groups is 1. The van der Waals surface area contributed by atoms with Crippen molar-refractivity contribution >= 4 is 5.91 Å². The molecule has 1 aromatic heterocycles. The van der Waals surface area contributed by atoms with E-state index in [9.17, 15) is 9.90 Å². The highest BCUT2D eigenvalue weighted by molar-refractivity contribution is 5.76. The van der Waals surface area contributed by atoms with E-state index in [1.54, 1.807) is 25.1 Å². The van der Waals surface area contributed by atoms with Crippen LogP contribution in [0.15, 0.2) is 36.5 Å². The fraction of sp³-hybridized carbons (Fsp3) is 0.400. The molecule has 0 aliphatic rings. The summed E-state index contributed by atoms with van der Waals surface area (Å²) in [6, 6.07) is 9.83. The molecule has 0 spiro atoms. The maximum atomic E-state index is 12.3. The van der Waals surface area contributed by atoms with Crippen molar-refractivity contribution in [2.75, 3.05) is 7.05 Å². The molecule has 0 aliphatic carbocycles. The van der Waals surface area contributed by atoms with E-state index in [1.807, 2.05) is 37.3 Å². The Morgan fingerprint density at radius 1 is 1.33 bits per heavy atom. The Bertz CT molecular complexity index is 595. The molecule has 0 fully saturated rings. The molecule has 0 saturated heterocycles. The van der Waals surface area contributed by atoms with Crippen molar-refractivity contribution in [1.29, 1.82) is 0 Å². The Hall–Kier alpha value is -2.21. The number of likely N-dealkylation sites (N-methyl/N-ethyl adjacent to an activating group) is 1. The van der Waals surface area contributed by atoms with Gasteiger partial charge < -0.3 is 10.0 Å². The summed E-state index contributed by atoms with van der Waals surface area (Å²) in [5.41, 5.74) is 1.54. The minimum Gasteiger partial charge on any atom is -0.387 e. The van der Waals surface area contributed by atoms with Gasteiger partial charge in [0.2, 0.25) is 5.91 Å². The van der Waals surface area contributed by atoms with Crippen molar-refractivity contribution < 1.29 is 9.90 Å². The number of nitrogens with zero attached hydrogens (tertiary/aromatic N) is 4. The Labute approximate surface area is 124 Å². The summed E-state index contributed by atoms with van der Waals surface area (Å²) in [6.45, 7) is 3.70. The highest BCUT2D eigenvalue weighted by Crippen LogP contribution is 2.18. The van der Waals surface area contributed by atoms with Crippen molar-refractivity contribution in [3.63, 3.8) is 0 Å². The number of amides is 1. The van der Waals surface area contributed by atoms with Crippen LogP contribution in [0.1, 0.15) is 37.3 Å². The minimum absolute atomic E-state index is 0.0153. The van der Waals surface area contributed by atoms with E-state index in [1.165, 1.54) is 4.68 Å². The van der Waals surface area contributed by atoms with Crippen LogP contribution < -0.4 is 0 Å². The fourth-order valence-corrected chi connectivity index (χ4v) is 2.00. The van der Waals surface area contributed by atoms with Gasteiger partial charge in [-0.05, 0) is 19.4 Å². The van der Waals surface area contributed by atoms with Crippen LogP contribution in [-0.2, 0) is 11.3 Å². The number of benzene rings is 1. The van der Waals surface area contributed by atoms with Gasteiger partial charge in [-0.2, -0.15) is 0 Å². The molecule has 6 nitrogen and oxygen atoms in total. The van der Waals surface area contributed by atoms with Gasteiger partial charge in [0.1, 0.15) is 12.2 Å². The van der Waals surface area contributed by atoms with Crippen molar-refractivity contribution in [1.82, 2.24) is 19.9 Å². The lowest BCUT2D eigenvalue weighted by Gasteiger charge is -2.25. The number of aromatic nitrogens is 3. The number of rotatable bonds is 5. The van der Waals surface area contributed by atoms with Crippen LogP contribution in [0.5, 0.6) is 0 Å². The average molecular weight is 288 g/mol. The van der Waals surface area contributed by atoms with E-state index in [4.69, 9.17) is 0 Å². The van der Waals surface area contributed by atoms with Gasteiger partial charge in [-0.3, -0.25) is 4.79 Å². The summed E-state index contributed by atoms with van der Waals surface area (Å²) < 4.78 is 1.44. The fourth-order valence-electron chi connectivity index (χ4n) is 2.00. The van der Waals surface area contributed by atoms with E-state index in [0.717, 1.165) is 5.56 Å². The minimum atomic E-state index is -0.685. The second-order valence-corrected chi connectivity index (χ2v) is 5.11. The smallest absolute Gasteiger partial charge is 0.244 e. The molecular formula is C15H20N4O2. The first-order valence-electron chi connectivity index (χ1n) is 6.87. The van der Waals surface area contributed by atoms with Crippen LogP contribution >= 0.6 is 0 Å². The lowest BCUT2D eigenvalue weighted by atomic mass is 10.1. The second kappa shape index (κ2) is 6.49. The number of carbonyl (C=O) groups is 1. The van der Waals surface area contributed by atoms with E-state index < -0.39 is 6.10 Å². The third kappa shape index (κ3) is 3.66. The molecule has 0 bridgehead atoms. The molecule has 0 saturated carbocycles. The molecule has 6 heteroatoms. The summed E-state index contributed by atoms with van der Waals surface area (Å²) in [6.07, 6.45) is 0.902. The van der Waals surface area contributed by atoms with E-state index >= 15 is 0 Å². The largest absolute Gasteiger partial charge is 0.387 e. The molecule has 2 atom stereocenters. The molecule has 0 radical (unpaired) electrons. The number of carbonyl (C=O) groups excluding carboxylic acids is 1. The third-order valence-electron chi connectivity index (χ3n) is 3.54. The quantitative estimate of drug-likeness (QED) is 0.906. The van der Waals surface area contributed by atoms with Gasteiger partial charge >= 0.3 is 0 Å². The Morgan fingerprint density at radius 3 is 2.57 bits per heavy atom. The SMILES string of the molecule is CC(O)c1cn(CC(=O)N(C)C(C)c2ccccc2)nn1. The monoisotopic (exact) mass is 288 g/mol. The summed E-state index contributed by atoms with van der Waals surface area (Å²) in [4.78, 5) is 14.0. The highest BCUT2D eigenvalue weighted by Gasteiger charge is 2.18. The molecule has 2 unspecified atom stereocenters. The first kappa shape index (κ1) is 15.2.